The fourth-order valence-corrected chi connectivity index (χ4v) is 3.22. The molecule has 0 unspecified atom stereocenters. The van der Waals surface area contributed by atoms with Crippen LogP contribution in [0.3, 0.4) is 0 Å². The van der Waals surface area contributed by atoms with Gasteiger partial charge in [0, 0.05) is 23.1 Å². The third-order valence-electron chi connectivity index (χ3n) is 3.19. The van der Waals surface area contributed by atoms with Gasteiger partial charge in [-0.25, -0.2) is 13.1 Å². The number of carbonyl (C=O) groups excluding carboxylic acids is 1. The average molecular weight is 397 g/mol. The molecular formula is C16H17BrN2O3S. The van der Waals surface area contributed by atoms with E-state index in [0.29, 0.717) is 0 Å². The second-order valence-corrected chi connectivity index (χ2v) is 7.65. The number of hydrogen-bond acceptors (Lipinski definition) is 3. The maximum atomic E-state index is 12.1. The van der Waals surface area contributed by atoms with E-state index in [1.54, 1.807) is 18.2 Å². The number of nitrogens with one attached hydrogen (secondary N) is 2. The van der Waals surface area contributed by atoms with Crippen molar-refractivity contribution in [1.82, 2.24) is 4.72 Å². The Morgan fingerprint density at radius 1 is 1.09 bits per heavy atom. The Labute approximate surface area is 144 Å². The molecule has 2 N–H and O–H groups in total. The molecule has 0 fully saturated rings. The smallest absolute Gasteiger partial charge is 0.240 e. The fraction of sp³-hybridized carbons (Fsp3) is 0.188. The van der Waals surface area contributed by atoms with Crippen molar-refractivity contribution >= 4 is 37.5 Å². The van der Waals surface area contributed by atoms with E-state index in [0.717, 1.165) is 15.7 Å². The van der Waals surface area contributed by atoms with Crippen LogP contribution in [0.1, 0.15) is 12.0 Å². The van der Waals surface area contributed by atoms with Crippen LogP contribution in [0.5, 0.6) is 0 Å². The van der Waals surface area contributed by atoms with Gasteiger partial charge in [-0.3, -0.25) is 4.79 Å². The molecule has 0 spiro atoms. The summed E-state index contributed by atoms with van der Waals surface area (Å²) in [6.45, 7) is 1.93. The van der Waals surface area contributed by atoms with E-state index in [2.05, 4.69) is 26.0 Å². The molecule has 2 rings (SSSR count). The molecule has 122 valence electrons. The first-order valence-corrected chi connectivity index (χ1v) is 9.27. The van der Waals surface area contributed by atoms with Gasteiger partial charge < -0.3 is 5.32 Å². The predicted molar refractivity (Wildman–Crippen MR) is 93.8 cm³/mol. The van der Waals surface area contributed by atoms with Crippen LogP contribution >= 0.6 is 15.9 Å². The molecule has 23 heavy (non-hydrogen) atoms. The Balaban J connectivity index is 1.88. The number of aryl methyl sites for hydroxylation is 1. The molecule has 1 amide bonds. The minimum atomic E-state index is -3.60. The second kappa shape index (κ2) is 7.72. The predicted octanol–water partition coefficient (Wildman–Crippen LogP) is 3.06. The number of anilines is 1. The zero-order chi connectivity index (χ0) is 16.9. The zero-order valence-electron chi connectivity index (χ0n) is 12.5. The largest absolute Gasteiger partial charge is 0.326 e. The minimum Gasteiger partial charge on any atom is -0.326 e. The molecule has 2 aromatic rings. The van der Waals surface area contributed by atoms with Gasteiger partial charge in [0.15, 0.2) is 0 Å². The lowest BCUT2D eigenvalue weighted by Crippen LogP contribution is -2.27. The van der Waals surface area contributed by atoms with Crippen LogP contribution in [0.2, 0.25) is 0 Å². The molecule has 5 nitrogen and oxygen atoms in total. The van der Waals surface area contributed by atoms with Crippen LogP contribution in [-0.4, -0.2) is 20.9 Å². The van der Waals surface area contributed by atoms with Crippen molar-refractivity contribution in [2.45, 2.75) is 18.2 Å². The summed E-state index contributed by atoms with van der Waals surface area (Å²) < 4.78 is 27.4. The minimum absolute atomic E-state index is 0.0378. The maximum Gasteiger partial charge on any atom is 0.240 e. The Kier molecular flexibility index (Phi) is 5.92. The summed E-state index contributed by atoms with van der Waals surface area (Å²) in [7, 11) is -3.60. The number of rotatable bonds is 6. The number of halogens is 1. The van der Waals surface area contributed by atoms with E-state index in [1.165, 1.54) is 12.1 Å². The monoisotopic (exact) mass is 396 g/mol. The molecule has 7 heteroatoms. The standard InChI is InChI=1S/C16H17BrN2O3S/c1-12-4-2-3-5-15(12)19-16(20)10-11-18-23(21,22)14-8-6-13(17)7-9-14/h2-9,18H,10-11H2,1H3,(H,19,20). The zero-order valence-corrected chi connectivity index (χ0v) is 14.9. The lowest BCUT2D eigenvalue weighted by atomic mass is 10.2. The molecule has 0 aliphatic rings. The van der Waals surface area contributed by atoms with E-state index in [9.17, 15) is 13.2 Å². The normalized spacial score (nSPS) is 11.2. The summed E-state index contributed by atoms with van der Waals surface area (Å²) in [6, 6.07) is 13.7. The Bertz CT molecular complexity index is 789. The van der Waals surface area contributed by atoms with Crippen molar-refractivity contribution in [2.24, 2.45) is 0 Å². The number of carbonyl (C=O) groups is 1. The summed E-state index contributed by atoms with van der Waals surface area (Å²) in [4.78, 5) is 12.0. The van der Waals surface area contributed by atoms with E-state index >= 15 is 0 Å². The fourth-order valence-electron chi connectivity index (χ4n) is 1.92. The van der Waals surface area contributed by atoms with E-state index in [-0.39, 0.29) is 23.8 Å². The first-order chi connectivity index (χ1) is 10.9. The maximum absolute atomic E-state index is 12.1. The van der Waals surface area contributed by atoms with Gasteiger partial charge in [-0.15, -0.1) is 0 Å². The first-order valence-electron chi connectivity index (χ1n) is 6.99. The third kappa shape index (κ3) is 5.16. The van der Waals surface area contributed by atoms with Crippen LogP contribution in [0.25, 0.3) is 0 Å². The molecule has 0 radical (unpaired) electrons. The molecule has 0 saturated heterocycles. The summed E-state index contributed by atoms with van der Waals surface area (Å²) in [5, 5.41) is 2.76. The number of sulfonamides is 1. The lowest BCUT2D eigenvalue weighted by Gasteiger charge is -2.09. The van der Waals surface area contributed by atoms with Gasteiger partial charge in [-0.2, -0.15) is 0 Å². The first kappa shape index (κ1) is 17.7. The van der Waals surface area contributed by atoms with Gasteiger partial charge in [0.25, 0.3) is 0 Å². The molecule has 0 aromatic heterocycles. The summed E-state index contributed by atoms with van der Waals surface area (Å²) >= 11 is 3.25. The van der Waals surface area contributed by atoms with Crippen molar-refractivity contribution in [3.05, 3.63) is 58.6 Å². The Morgan fingerprint density at radius 2 is 1.74 bits per heavy atom. The highest BCUT2D eigenvalue weighted by atomic mass is 79.9. The molecule has 2 aromatic carbocycles. The van der Waals surface area contributed by atoms with Crippen molar-refractivity contribution in [1.29, 1.82) is 0 Å². The summed E-state index contributed by atoms with van der Waals surface area (Å²) in [5.74, 6) is -0.238. The van der Waals surface area contributed by atoms with Gasteiger partial charge >= 0.3 is 0 Å². The highest BCUT2D eigenvalue weighted by molar-refractivity contribution is 9.10. The topological polar surface area (TPSA) is 75.3 Å². The molecule has 0 atom stereocenters. The molecule has 0 aliphatic carbocycles. The van der Waals surface area contributed by atoms with E-state index in [1.807, 2.05) is 25.1 Å². The van der Waals surface area contributed by atoms with Gasteiger partial charge in [-0.1, -0.05) is 34.1 Å². The third-order valence-corrected chi connectivity index (χ3v) is 5.19. The van der Waals surface area contributed by atoms with Crippen LogP contribution in [0.15, 0.2) is 57.9 Å². The molecule has 0 saturated carbocycles. The molecule has 0 bridgehead atoms. The molecular weight excluding hydrogens is 380 g/mol. The number of amides is 1. The van der Waals surface area contributed by atoms with Crippen molar-refractivity contribution in [3.8, 4) is 0 Å². The van der Waals surface area contributed by atoms with Crippen molar-refractivity contribution in [2.75, 3.05) is 11.9 Å². The lowest BCUT2D eigenvalue weighted by molar-refractivity contribution is -0.116. The van der Waals surface area contributed by atoms with Crippen LogP contribution in [0, 0.1) is 6.92 Å². The summed E-state index contributed by atoms with van der Waals surface area (Å²) in [6.07, 6.45) is 0.0596. The summed E-state index contributed by atoms with van der Waals surface area (Å²) in [5.41, 5.74) is 1.68. The highest BCUT2D eigenvalue weighted by Gasteiger charge is 2.14. The number of benzene rings is 2. The quantitative estimate of drug-likeness (QED) is 0.787. The SMILES string of the molecule is Cc1ccccc1NC(=O)CCNS(=O)(=O)c1ccc(Br)cc1. The highest BCUT2D eigenvalue weighted by Crippen LogP contribution is 2.15. The van der Waals surface area contributed by atoms with Gasteiger partial charge in [0.2, 0.25) is 15.9 Å². The second-order valence-electron chi connectivity index (χ2n) is 4.96. The van der Waals surface area contributed by atoms with E-state index in [4.69, 9.17) is 0 Å². The van der Waals surface area contributed by atoms with E-state index < -0.39 is 10.0 Å². The van der Waals surface area contributed by atoms with Crippen molar-refractivity contribution < 1.29 is 13.2 Å². The number of para-hydroxylation sites is 1. The average Bonchev–Trinajstić information content (AvgIpc) is 2.50. The van der Waals surface area contributed by atoms with Crippen LogP contribution < -0.4 is 10.0 Å². The van der Waals surface area contributed by atoms with Gasteiger partial charge in [-0.05, 0) is 42.8 Å². The van der Waals surface area contributed by atoms with Crippen molar-refractivity contribution in [3.63, 3.8) is 0 Å². The number of hydrogen-bond donors (Lipinski definition) is 2. The van der Waals surface area contributed by atoms with Gasteiger partial charge in [0.1, 0.15) is 0 Å². The van der Waals surface area contributed by atoms with Gasteiger partial charge in [0.05, 0.1) is 4.90 Å². The molecule has 0 heterocycles. The Morgan fingerprint density at radius 3 is 2.39 bits per heavy atom. The van der Waals surface area contributed by atoms with Crippen LogP contribution in [-0.2, 0) is 14.8 Å². The molecule has 0 aliphatic heterocycles. The van der Waals surface area contributed by atoms with Crippen LogP contribution in [0.4, 0.5) is 5.69 Å². The Hall–Kier alpha value is -1.70.